The Bertz CT molecular complexity index is 1300. The van der Waals surface area contributed by atoms with E-state index in [2.05, 4.69) is 15.8 Å². The van der Waals surface area contributed by atoms with Gasteiger partial charge in [0.2, 0.25) is 17.4 Å². The predicted octanol–water partition coefficient (Wildman–Crippen LogP) is -0.359. The quantitative estimate of drug-likeness (QED) is 0.457. The maximum absolute atomic E-state index is 16.0. The fourth-order valence-electron chi connectivity index (χ4n) is 5.93. The molecule has 184 valence electrons. The Balaban J connectivity index is 1.54. The van der Waals surface area contributed by atoms with Crippen LogP contribution in [0.3, 0.4) is 0 Å². The Labute approximate surface area is 197 Å². The van der Waals surface area contributed by atoms with Crippen LogP contribution < -0.4 is 21.3 Å². The number of nitrogens with one attached hydrogen (secondary N) is 2. The highest BCUT2D eigenvalue weighted by Crippen LogP contribution is 2.49. The number of anilines is 1. The number of likely N-dealkylation sites (tertiary alicyclic amines) is 1. The topological polar surface area (TPSA) is 160 Å². The number of imide groups is 2. The maximum Gasteiger partial charge on any atom is 0.328 e. The average Bonchev–Trinajstić information content (AvgIpc) is 3.18. The van der Waals surface area contributed by atoms with Gasteiger partial charge < -0.3 is 24.8 Å². The van der Waals surface area contributed by atoms with E-state index in [1.165, 1.54) is 11.0 Å². The van der Waals surface area contributed by atoms with Crippen LogP contribution in [0.2, 0.25) is 0 Å². The number of fused-ring (bicyclic) bond motifs is 5. The van der Waals surface area contributed by atoms with Crippen LogP contribution >= 0.6 is 0 Å². The number of nitrogens with two attached hydrogens (primary N) is 1. The van der Waals surface area contributed by atoms with Crippen molar-refractivity contribution in [1.29, 1.82) is 0 Å². The first-order valence-electron chi connectivity index (χ1n) is 11.4. The SMILES string of the molecule is C[C@@H]1CN2c3c(cc4c(C(=O)N5CC(N)C5)noc4c3F)CC3(C(=O)NC(=O)NC3=O)[C@H]2[C@H](C)O1. The van der Waals surface area contributed by atoms with Gasteiger partial charge in [0.25, 0.3) is 5.91 Å². The third-order valence-electron chi connectivity index (χ3n) is 7.36. The zero-order valence-electron chi connectivity index (χ0n) is 19.0. The molecule has 3 atom stereocenters. The highest BCUT2D eigenvalue weighted by Gasteiger charge is 2.63. The number of urea groups is 1. The van der Waals surface area contributed by atoms with Crippen molar-refractivity contribution in [2.75, 3.05) is 24.5 Å². The summed E-state index contributed by atoms with van der Waals surface area (Å²) in [5.74, 6) is -2.75. The molecule has 0 bridgehead atoms. The molecule has 3 fully saturated rings. The molecule has 5 amide bonds. The second kappa shape index (κ2) is 7.21. The molecule has 0 saturated carbocycles. The maximum atomic E-state index is 16.0. The molecule has 5 heterocycles. The number of hydrogen-bond donors (Lipinski definition) is 3. The molecule has 4 aliphatic rings. The van der Waals surface area contributed by atoms with Crippen molar-refractivity contribution < 1.29 is 32.8 Å². The fraction of sp³-hybridized carbons (Fsp3) is 0.500. The molecule has 3 saturated heterocycles. The zero-order chi connectivity index (χ0) is 24.8. The Morgan fingerprint density at radius 3 is 2.54 bits per heavy atom. The molecule has 12 nitrogen and oxygen atoms in total. The lowest BCUT2D eigenvalue weighted by molar-refractivity contribution is -0.153. The summed E-state index contributed by atoms with van der Waals surface area (Å²) < 4.78 is 27.2. The summed E-state index contributed by atoms with van der Waals surface area (Å²) >= 11 is 0. The van der Waals surface area contributed by atoms with Gasteiger partial charge in [-0.1, -0.05) is 5.16 Å². The van der Waals surface area contributed by atoms with Crippen LogP contribution in [0.1, 0.15) is 29.9 Å². The molecule has 13 heteroatoms. The van der Waals surface area contributed by atoms with E-state index >= 15 is 4.39 Å². The van der Waals surface area contributed by atoms with Crippen molar-refractivity contribution >= 4 is 40.4 Å². The predicted molar refractivity (Wildman–Crippen MR) is 117 cm³/mol. The molecule has 0 unspecified atom stereocenters. The summed E-state index contributed by atoms with van der Waals surface area (Å²) in [5.41, 5.74) is 4.24. The molecule has 4 aliphatic heterocycles. The van der Waals surface area contributed by atoms with E-state index in [9.17, 15) is 19.2 Å². The molecule has 0 aliphatic carbocycles. The number of amides is 5. The molecule has 4 N–H and O–H groups in total. The first-order chi connectivity index (χ1) is 16.6. The lowest BCUT2D eigenvalue weighted by atomic mass is 9.66. The summed E-state index contributed by atoms with van der Waals surface area (Å²) in [6.45, 7) is 4.40. The van der Waals surface area contributed by atoms with Gasteiger partial charge in [0.05, 0.1) is 29.3 Å². The van der Waals surface area contributed by atoms with Crippen LogP contribution in [0.15, 0.2) is 10.6 Å². The van der Waals surface area contributed by atoms with E-state index in [0.29, 0.717) is 18.7 Å². The fourth-order valence-corrected chi connectivity index (χ4v) is 5.93. The van der Waals surface area contributed by atoms with Crippen LogP contribution in [0.25, 0.3) is 11.0 Å². The molecule has 35 heavy (non-hydrogen) atoms. The van der Waals surface area contributed by atoms with Crippen molar-refractivity contribution in [3.05, 3.63) is 23.1 Å². The first-order valence-corrected chi connectivity index (χ1v) is 11.4. The largest absolute Gasteiger partial charge is 0.372 e. The minimum Gasteiger partial charge on any atom is -0.372 e. The number of benzene rings is 1. The highest BCUT2D eigenvalue weighted by molar-refractivity contribution is 6.20. The zero-order valence-corrected chi connectivity index (χ0v) is 19.0. The van der Waals surface area contributed by atoms with Gasteiger partial charge in [-0.15, -0.1) is 0 Å². The normalized spacial score (nSPS) is 27.9. The Morgan fingerprint density at radius 1 is 1.20 bits per heavy atom. The first kappa shape index (κ1) is 21.9. The van der Waals surface area contributed by atoms with E-state index in [0.717, 1.165) is 0 Å². The molecular weight excluding hydrogens is 463 g/mol. The lowest BCUT2D eigenvalue weighted by Gasteiger charge is -2.55. The Morgan fingerprint density at radius 2 is 1.89 bits per heavy atom. The molecule has 1 aromatic heterocycles. The molecule has 0 radical (unpaired) electrons. The third kappa shape index (κ3) is 2.88. The number of aromatic nitrogens is 1. The second-order valence-electron chi connectivity index (χ2n) is 9.71. The van der Waals surface area contributed by atoms with Crippen LogP contribution in [0.5, 0.6) is 0 Å². The second-order valence-corrected chi connectivity index (χ2v) is 9.71. The monoisotopic (exact) mass is 486 g/mol. The summed E-state index contributed by atoms with van der Waals surface area (Å²) in [7, 11) is 0. The smallest absolute Gasteiger partial charge is 0.328 e. The number of barbiturate groups is 1. The number of carbonyl (C=O) groups is 4. The van der Waals surface area contributed by atoms with Gasteiger partial charge in [-0.25, -0.2) is 9.18 Å². The molecule has 6 rings (SSSR count). The van der Waals surface area contributed by atoms with Crippen LogP contribution in [-0.2, 0) is 20.7 Å². The molecular formula is C22H23FN6O6. The van der Waals surface area contributed by atoms with Crippen molar-refractivity contribution in [3.63, 3.8) is 0 Å². The number of hydrogen-bond acceptors (Lipinski definition) is 9. The van der Waals surface area contributed by atoms with E-state index in [-0.39, 0.29) is 47.5 Å². The van der Waals surface area contributed by atoms with Crippen LogP contribution in [0.4, 0.5) is 14.9 Å². The number of rotatable bonds is 1. The number of morpholine rings is 1. The minimum absolute atomic E-state index is 0.0683. The van der Waals surface area contributed by atoms with Gasteiger partial charge in [0, 0.05) is 32.1 Å². The van der Waals surface area contributed by atoms with Crippen molar-refractivity contribution in [1.82, 2.24) is 20.7 Å². The number of halogens is 1. The van der Waals surface area contributed by atoms with Crippen molar-refractivity contribution in [2.24, 2.45) is 11.1 Å². The Kier molecular flexibility index (Phi) is 4.52. The van der Waals surface area contributed by atoms with Crippen molar-refractivity contribution in [3.8, 4) is 0 Å². The van der Waals surface area contributed by atoms with Gasteiger partial charge in [-0.3, -0.25) is 25.0 Å². The standard InChI is InChI=1S/C22H23FN6O6/c1-8-5-29-15-10(4-22(17(29)9(2)34-8)19(31)25-21(33)26-20(22)32)3-12-14(27-35-16(12)13(15)23)18(30)28-6-11(24)7-28/h3,8-9,11,17H,4-7,24H2,1-2H3,(H2,25,26,31,32,33)/t8-,9+,17-/m1/s1. The Hall–Kier alpha value is -3.58. The van der Waals surface area contributed by atoms with E-state index < -0.39 is 47.1 Å². The minimum atomic E-state index is -1.76. The van der Waals surface area contributed by atoms with Crippen molar-refractivity contribution in [2.45, 2.75) is 44.6 Å². The number of nitrogens with zero attached hydrogens (tertiary/aromatic N) is 3. The molecule has 2 aromatic rings. The third-order valence-corrected chi connectivity index (χ3v) is 7.36. The summed E-state index contributed by atoms with van der Waals surface area (Å²) in [6, 6.07) is -0.397. The van der Waals surface area contributed by atoms with Gasteiger partial charge in [-0.2, -0.15) is 0 Å². The van der Waals surface area contributed by atoms with E-state index in [4.69, 9.17) is 15.0 Å². The highest BCUT2D eigenvalue weighted by atomic mass is 19.1. The summed E-state index contributed by atoms with van der Waals surface area (Å²) in [6.07, 6.45) is -1.19. The number of carbonyl (C=O) groups excluding carboxylic acids is 4. The average molecular weight is 486 g/mol. The summed E-state index contributed by atoms with van der Waals surface area (Å²) in [4.78, 5) is 54.4. The van der Waals surface area contributed by atoms with Gasteiger partial charge in [0.1, 0.15) is 0 Å². The van der Waals surface area contributed by atoms with E-state index in [1.54, 1.807) is 18.7 Å². The van der Waals surface area contributed by atoms with Gasteiger partial charge in [0.15, 0.2) is 16.9 Å². The lowest BCUT2D eigenvalue weighted by Crippen LogP contribution is -2.75. The summed E-state index contributed by atoms with van der Waals surface area (Å²) in [5, 5.41) is 8.36. The van der Waals surface area contributed by atoms with E-state index in [1.807, 2.05) is 0 Å². The van der Waals surface area contributed by atoms with Gasteiger partial charge in [-0.05, 0) is 25.5 Å². The van der Waals surface area contributed by atoms with Gasteiger partial charge >= 0.3 is 6.03 Å². The number of ether oxygens (including phenoxy) is 1. The van der Waals surface area contributed by atoms with Crippen LogP contribution in [0, 0.1) is 11.2 Å². The molecule has 1 aromatic carbocycles. The van der Waals surface area contributed by atoms with Crippen LogP contribution in [-0.4, -0.2) is 77.7 Å². The molecule has 1 spiro atoms.